The van der Waals surface area contributed by atoms with Gasteiger partial charge in [0.2, 0.25) is 0 Å². The van der Waals surface area contributed by atoms with Crippen molar-refractivity contribution < 1.29 is 5.11 Å². The van der Waals surface area contributed by atoms with Crippen molar-refractivity contribution in [3.63, 3.8) is 0 Å². The number of aromatic nitrogens is 1. The molecule has 0 aliphatic rings. The Balaban J connectivity index is 2.47. The molecule has 1 aromatic heterocycles. The number of allylic oxidation sites excluding steroid dienone is 1. The Morgan fingerprint density at radius 1 is 1.11 bits per heavy atom. The summed E-state index contributed by atoms with van der Waals surface area (Å²) < 4.78 is 0. The molecule has 0 spiro atoms. The van der Waals surface area contributed by atoms with E-state index in [4.69, 9.17) is 0 Å². The lowest BCUT2D eigenvalue weighted by Gasteiger charge is -2.27. The molecule has 1 atom stereocenters. The van der Waals surface area contributed by atoms with E-state index in [1.165, 1.54) is 5.57 Å². The Labute approximate surface area is 114 Å². The summed E-state index contributed by atoms with van der Waals surface area (Å²) in [5, 5.41) is 11.1. The van der Waals surface area contributed by atoms with Crippen LogP contribution in [0, 0.1) is 0 Å². The summed E-state index contributed by atoms with van der Waals surface area (Å²) in [6.45, 7) is 4.06. The van der Waals surface area contributed by atoms with Crippen LogP contribution in [0.25, 0.3) is 0 Å². The summed E-state index contributed by atoms with van der Waals surface area (Å²) in [6.07, 6.45) is 4.28. The number of hydrogen-bond donors (Lipinski definition) is 1. The fourth-order valence-corrected chi connectivity index (χ4v) is 2.04. The van der Waals surface area contributed by atoms with Gasteiger partial charge in [0, 0.05) is 12.6 Å². The van der Waals surface area contributed by atoms with Crippen LogP contribution in [0.5, 0.6) is 0 Å². The first-order valence-electron chi connectivity index (χ1n) is 6.46. The van der Waals surface area contributed by atoms with Crippen molar-refractivity contribution in [2.24, 2.45) is 0 Å². The maximum Gasteiger partial charge on any atom is 0.135 e. The molecule has 1 aromatic carbocycles. The molecule has 1 heterocycles. The number of hydrogen-bond acceptors (Lipinski definition) is 2. The summed E-state index contributed by atoms with van der Waals surface area (Å²) in [7, 11) is 0. The number of pyridine rings is 1. The predicted molar refractivity (Wildman–Crippen MR) is 77.7 cm³/mol. The van der Waals surface area contributed by atoms with E-state index in [9.17, 15) is 5.11 Å². The molecule has 0 bridgehead atoms. The Morgan fingerprint density at radius 2 is 1.79 bits per heavy atom. The molecule has 98 valence electrons. The minimum absolute atomic E-state index is 0.524. The van der Waals surface area contributed by atoms with Gasteiger partial charge in [0.15, 0.2) is 0 Å². The quantitative estimate of drug-likeness (QED) is 0.843. The van der Waals surface area contributed by atoms with E-state index in [0.717, 1.165) is 5.56 Å². The molecule has 1 N–H and O–H groups in total. The smallest absolute Gasteiger partial charge is 0.135 e. The fraction of sp³-hybridized carbons (Fsp3) is 0.235. The Hall–Kier alpha value is -1.93. The number of nitrogens with zero attached hydrogens (tertiary/aromatic N) is 1. The van der Waals surface area contributed by atoms with E-state index in [2.05, 4.69) is 4.98 Å². The molecule has 0 fully saturated rings. The van der Waals surface area contributed by atoms with Gasteiger partial charge in [0.25, 0.3) is 0 Å². The highest BCUT2D eigenvalue weighted by Crippen LogP contribution is 2.32. The van der Waals surface area contributed by atoms with Gasteiger partial charge < -0.3 is 5.11 Å². The molecular formula is C17H19NO. The molecule has 2 rings (SSSR count). The summed E-state index contributed by atoms with van der Waals surface area (Å²) >= 11 is 0. The summed E-state index contributed by atoms with van der Waals surface area (Å²) in [5.41, 5.74) is 1.66. The highest BCUT2D eigenvalue weighted by atomic mass is 16.3. The molecule has 0 amide bonds. The second kappa shape index (κ2) is 5.81. The first kappa shape index (κ1) is 13.5. The summed E-state index contributed by atoms with van der Waals surface area (Å²) in [5.74, 6) is 0. The summed E-state index contributed by atoms with van der Waals surface area (Å²) in [6, 6.07) is 15.3. The number of benzene rings is 1. The Morgan fingerprint density at radius 3 is 2.37 bits per heavy atom. The lowest BCUT2D eigenvalue weighted by Crippen LogP contribution is -2.27. The van der Waals surface area contributed by atoms with Crippen molar-refractivity contribution in [1.82, 2.24) is 4.98 Å². The number of rotatable bonds is 4. The van der Waals surface area contributed by atoms with Crippen LogP contribution in [0.15, 0.2) is 66.4 Å². The lowest BCUT2D eigenvalue weighted by atomic mass is 9.86. The monoisotopic (exact) mass is 253 g/mol. The first-order chi connectivity index (χ1) is 9.13. The average Bonchev–Trinajstić information content (AvgIpc) is 2.46. The van der Waals surface area contributed by atoms with Gasteiger partial charge in [-0.1, -0.05) is 48.0 Å². The van der Waals surface area contributed by atoms with Crippen LogP contribution >= 0.6 is 0 Å². The Kier molecular flexibility index (Phi) is 4.13. The van der Waals surface area contributed by atoms with Crippen molar-refractivity contribution in [3.8, 4) is 0 Å². The third kappa shape index (κ3) is 3.09. The van der Waals surface area contributed by atoms with Crippen LogP contribution in [0.4, 0.5) is 0 Å². The molecule has 2 aromatic rings. The van der Waals surface area contributed by atoms with E-state index in [0.29, 0.717) is 12.1 Å². The molecule has 19 heavy (non-hydrogen) atoms. The van der Waals surface area contributed by atoms with Gasteiger partial charge in [0.1, 0.15) is 5.60 Å². The third-order valence-electron chi connectivity index (χ3n) is 3.15. The second-order valence-electron chi connectivity index (χ2n) is 4.93. The van der Waals surface area contributed by atoms with Gasteiger partial charge in [-0.25, -0.2) is 0 Å². The van der Waals surface area contributed by atoms with Crippen LogP contribution < -0.4 is 0 Å². The maximum atomic E-state index is 11.1. The van der Waals surface area contributed by atoms with Crippen molar-refractivity contribution in [3.05, 3.63) is 77.6 Å². The van der Waals surface area contributed by atoms with Crippen molar-refractivity contribution in [2.75, 3.05) is 0 Å². The highest BCUT2D eigenvalue weighted by Gasteiger charge is 2.31. The van der Waals surface area contributed by atoms with Gasteiger partial charge in [-0.2, -0.15) is 0 Å². The van der Waals surface area contributed by atoms with E-state index in [1.54, 1.807) is 6.20 Å². The van der Waals surface area contributed by atoms with E-state index in [-0.39, 0.29) is 0 Å². The maximum absolute atomic E-state index is 11.1. The van der Waals surface area contributed by atoms with Gasteiger partial charge >= 0.3 is 0 Å². The van der Waals surface area contributed by atoms with E-state index < -0.39 is 5.60 Å². The zero-order valence-electron chi connectivity index (χ0n) is 11.4. The fourth-order valence-electron chi connectivity index (χ4n) is 2.04. The standard InChI is InChI=1S/C17H19NO/c1-14(2)11-12-17(19,15-8-4-3-5-9-15)16-10-6-7-13-18-16/h3-11,13,19H,12H2,1-2H3. The molecule has 0 aliphatic heterocycles. The minimum Gasteiger partial charge on any atom is -0.378 e. The van der Waals surface area contributed by atoms with Crippen LogP contribution in [0.2, 0.25) is 0 Å². The van der Waals surface area contributed by atoms with Crippen molar-refractivity contribution in [1.29, 1.82) is 0 Å². The lowest BCUT2D eigenvalue weighted by molar-refractivity contribution is 0.0792. The molecule has 0 saturated carbocycles. The Bertz CT molecular complexity index is 502. The molecule has 0 radical (unpaired) electrons. The highest BCUT2D eigenvalue weighted by molar-refractivity contribution is 5.33. The molecule has 1 unspecified atom stereocenters. The van der Waals surface area contributed by atoms with Crippen LogP contribution in [-0.4, -0.2) is 10.1 Å². The van der Waals surface area contributed by atoms with Gasteiger partial charge in [-0.15, -0.1) is 0 Å². The SMILES string of the molecule is CC(C)=CCC(O)(c1ccccc1)c1ccccn1. The molecule has 2 nitrogen and oxygen atoms in total. The minimum atomic E-state index is -1.07. The zero-order chi connectivity index (χ0) is 13.7. The van der Waals surface area contributed by atoms with Gasteiger partial charge in [0.05, 0.1) is 5.69 Å². The van der Waals surface area contributed by atoms with E-state index in [1.807, 2.05) is 68.5 Å². The molecular weight excluding hydrogens is 234 g/mol. The van der Waals surface area contributed by atoms with Gasteiger partial charge in [-0.3, -0.25) is 4.98 Å². The summed E-state index contributed by atoms with van der Waals surface area (Å²) in [4.78, 5) is 4.33. The van der Waals surface area contributed by atoms with Crippen LogP contribution in [0.1, 0.15) is 31.5 Å². The molecule has 0 saturated heterocycles. The average molecular weight is 253 g/mol. The third-order valence-corrected chi connectivity index (χ3v) is 3.15. The van der Waals surface area contributed by atoms with Crippen LogP contribution in [-0.2, 0) is 5.60 Å². The zero-order valence-corrected chi connectivity index (χ0v) is 11.4. The van der Waals surface area contributed by atoms with Crippen molar-refractivity contribution >= 4 is 0 Å². The first-order valence-corrected chi connectivity index (χ1v) is 6.46. The topological polar surface area (TPSA) is 33.1 Å². The predicted octanol–water partition coefficient (Wildman–Crippen LogP) is 3.67. The van der Waals surface area contributed by atoms with Crippen molar-refractivity contribution in [2.45, 2.75) is 25.9 Å². The molecule has 0 aliphatic carbocycles. The van der Waals surface area contributed by atoms with Gasteiger partial charge in [-0.05, 0) is 31.5 Å². The second-order valence-corrected chi connectivity index (χ2v) is 4.93. The van der Waals surface area contributed by atoms with E-state index >= 15 is 0 Å². The number of aliphatic hydroxyl groups is 1. The largest absolute Gasteiger partial charge is 0.378 e. The molecule has 2 heteroatoms. The normalized spacial score (nSPS) is 13.6. The van der Waals surface area contributed by atoms with Crippen LogP contribution in [0.3, 0.4) is 0 Å².